The van der Waals surface area contributed by atoms with E-state index in [-0.39, 0.29) is 11.2 Å². The zero-order valence-electron chi connectivity index (χ0n) is 13.3. The molecule has 8 heteroatoms. The SMILES string of the molecule is CNC(=O)C(C)Sc1nnc(-c2cccnc2)n1Cc1ccco1. The van der Waals surface area contributed by atoms with Crippen LogP contribution in [0.25, 0.3) is 11.4 Å². The first kappa shape index (κ1) is 16.3. The fraction of sp³-hybridized carbons (Fsp3) is 0.250. The summed E-state index contributed by atoms with van der Waals surface area (Å²) >= 11 is 1.36. The van der Waals surface area contributed by atoms with E-state index in [1.807, 2.05) is 35.8 Å². The van der Waals surface area contributed by atoms with Crippen LogP contribution in [0.3, 0.4) is 0 Å². The molecule has 1 atom stereocenters. The third-order valence-electron chi connectivity index (χ3n) is 3.43. The molecule has 3 rings (SSSR count). The van der Waals surface area contributed by atoms with Crippen molar-refractivity contribution in [1.82, 2.24) is 25.1 Å². The van der Waals surface area contributed by atoms with Crippen molar-refractivity contribution in [1.29, 1.82) is 0 Å². The van der Waals surface area contributed by atoms with E-state index >= 15 is 0 Å². The standard InChI is InChI=1S/C16H17N5O2S/c1-11(15(22)17-2)24-16-20-19-14(12-5-3-7-18-9-12)21(16)10-13-6-4-8-23-13/h3-9,11H,10H2,1-2H3,(H,17,22). The van der Waals surface area contributed by atoms with Crippen molar-refractivity contribution in [2.45, 2.75) is 23.9 Å². The van der Waals surface area contributed by atoms with Crippen LogP contribution in [0.5, 0.6) is 0 Å². The molecule has 1 amide bonds. The lowest BCUT2D eigenvalue weighted by Crippen LogP contribution is -2.27. The number of furan rings is 1. The number of carbonyl (C=O) groups excluding carboxylic acids is 1. The maximum atomic E-state index is 11.8. The van der Waals surface area contributed by atoms with E-state index in [1.165, 1.54) is 11.8 Å². The topological polar surface area (TPSA) is 85.8 Å². The number of hydrogen-bond donors (Lipinski definition) is 1. The first-order chi connectivity index (χ1) is 11.7. The minimum atomic E-state index is -0.281. The number of carbonyl (C=O) groups is 1. The lowest BCUT2D eigenvalue weighted by molar-refractivity contribution is -0.119. The predicted octanol–water partition coefficient (Wildman–Crippen LogP) is 2.21. The van der Waals surface area contributed by atoms with Gasteiger partial charge in [-0.1, -0.05) is 11.8 Å². The largest absolute Gasteiger partial charge is 0.467 e. The Morgan fingerprint density at radius 3 is 2.92 bits per heavy atom. The van der Waals surface area contributed by atoms with Crippen LogP contribution in [0.1, 0.15) is 12.7 Å². The van der Waals surface area contributed by atoms with Crippen LogP contribution >= 0.6 is 11.8 Å². The Morgan fingerprint density at radius 1 is 1.38 bits per heavy atom. The molecule has 1 N–H and O–H groups in total. The van der Waals surface area contributed by atoms with Gasteiger partial charge in [-0.2, -0.15) is 0 Å². The third-order valence-corrected chi connectivity index (χ3v) is 4.51. The molecule has 0 aliphatic heterocycles. The molecule has 3 heterocycles. The zero-order chi connectivity index (χ0) is 16.9. The summed E-state index contributed by atoms with van der Waals surface area (Å²) in [6.45, 7) is 2.31. The molecule has 0 aliphatic rings. The van der Waals surface area contributed by atoms with Gasteiger partial charge in [0.25, 0.3) is 0 Å². The summed E-state index contributed by atoms with van der Waals surface area (Å²) in [5, 5.41) is 11.6. The quantitative estimate of drug-likeness (QED) is 0.691. The molecule has 0 fully saturated rings. The van der Waals surface area contributed by atoms with E-state index in [1.54, 1.807) is 25.7 Å². The van der Waals surface area contributed by atoms with Gasteiger partial charge in [0.15, 0.2) is 11.0 Å². The number of pyridine rings is 1. The van der Waals surface area contributed by atoms with Crippen molar-refractivity contribution >= 4 is 17.7 Å². The highest BCUT2D eigenvalue weighted by molar-refractivity contribution is 8.00. The van der Waals surface area contributed by atoms with E-state index in [4.69, 9.17) is 4.42 Å². The lowest BCUT2D eigenvalue weighted by Gasteiger charge is -2.11. The highest BCUT2D eigenvalue weighted by Gasteiger charge is 2.20. The van der Waals surface area contributed by atoms with E-state index in [0.29, 0.717) is 17.5 Å². The Balaban J connectivity index is 1.96. The summed E-state index contributed by atoms with van der Waals surface area (Å²) in [6, 6.07) is 7.50. The van der Waals surface area contributed by atoms with Crippen LogP contribution in [0.4, 0.5) is 0 Å². The van der Waals surface area contributed by atoms with Gasteiger partial charge < -0.3 is 9.73 Å². The molecule has 0 saturated heterocycles. The third kappa shape index (κ3) is 3.48. The molecule has 3 aromatic heterocycles. The fourth-order valence-corrected chi connectivity index (χ4v) is 3.11. The molecule has 0 bridgehead atoms. The number of amides is 1. The first-order valence-corrected chi connectivity index (χ1v) is 8.31. The predicted molar refractivity (Wildman–Crippen MR) is 90.4 cm³/mol. The maximum absolute atomic E-state index is 11.8. The van der Waals surface area contributed by atoms with E-state index < -0.39 is 0 Å². The Labute approximate surface area is 143 Å². The monoisotopic (exact) mass is 343 g/mol. The zero-order valence-corrected chi connectivity index (χ0v) is 14.2. The van der Waals surface area contributed by atoms with Crippen LogP contribution < -0.4 is 5.32 Å². The van der Waals surface area contributed by atoms with Crippen molar-refractivity contribution in [2.75, 3.05) is 7.05 Å². The lowest BCUT2D eigenvalue weighted by atomic mass is 10.2. The van der Waals surface area contributed by atoms with Crippen LogP contribution in [0.15, 0.2) is 52.5 Å². The number of aromatic nitrogens is 4. The minimum absolute atomic E-state index is 0.0597. The second kappa shape index (κ2) is 7.31. The Kier molecular flexibility index (Phi) is 4.95. The first-order valence-electron chi connectivity index (χ1n) is 7.43. The van der Waals surface area contributed by atoms with Gasteiger partial charge in [0.05, 0.1) is 18.1 Å². The summed E-state index contributed by atoms with van der Waals surface area (Å²) in [7, 11) is 1.62. The smallest absolute Gasteiger partial charge is 0.233 e. The van der Waals surface area contributed by atoms with Crippen LogP contribution in [0.2, 0.25) is 0 Å². The highest BCUT2D eigenvalue weighted by atomic mass is 32.2. The molecule has 0 spiro atoms. The van der Waals surface area contributed by atoms with Crippen LogP contribution in [-0.4, -0.2) is 38.0 Å². The summed E-state index contributed by atoms with van der Waals surface area (Å²) in [6.07, 6.45) is 5.07. The Morgan fingerprint density at radius 2 is 2.25 bits per heavy atom. The molecule has 24 heavy (non-hydrogen) atoms. The Hall–Kier alpha value is -2.61. The fourth-order valence-electron chi connectivity index (χ4n) is 2.20. The molecular formula is C16H17N5O2S. The average molecular weight is 343 g/mol. The van der Waals surface area contributed by atoms with Gasteiger partial charge in [0, 0.05) is 25.0 Å². The molecule has 3 aromatic rings. The second-order valence-electron chi connectivity index (χ2n) is 5.09. The van der Waals surface area contributed by atoms with Gasteiger partial charge in [-0.15, -0.1) is 10.2 Å². The number of nitrogens with one attached hydrogen (secondary N) is 1. The normalized spacial score (nSPS) is 12.1. The summed E-state index contributed by atoms with van der Waals surface area (Å²) < 4.78 is 7.38. The van der Waals surface area contributed by atoms with Gasteiger partial charge in [-0.05, 0) is 31.2 Å². The van der Waals surface area contributed by atoms with Gasteiger partial charge in [0.1, 0.15) is 5.76 Å². The van der Waals surface area contributed by atoms with Crippen molar-refractivity contribution in [3.05, 3.63) is 48.7 Å². The number of rotatable bonds is 6. The van der Waals surface area contributed by atoms with Gasteiger partial charge in [-0.25, -0.2) is 0 Å². The summed E-state index contributed by atoms with van der Waals surface area (Å²) in [4.78, 5) is 15.9. The maximum Gasteiger partial charge on any atom is 0.233 e. The molecule has 0 aromatic carbocycles. The second-order valence-corrected chi connectivity index (χ2v) is 6.40. The molecular weight excluding hydrogens is 326 g/mol. The van der Waals surface area contributed by atoms with E-state index in [2.05, 4.69) is 20.5 Å². The molecule has 1 unspecified atom stereocenters. The Bertz CT molecular complexity index is 801. The summed E-state index contributed by atoms with van der Waals surface area (Å²) in [5.41, 5.74) is 0.857. The van der Waals surface area contributed by atoms with Crippen molar-refractivity contribution in [3.8, 4) is 11.4 Å². The minimum Gasteiger partial charge on any atom is -0.467 e. The molecule has 124 valence electrons. The van der Waals surface area contributed by atoms with Crippen LogP contribution in [0, 0.1) is 0 Å². The molecule has 7 nitrogen and oxygen atoms in total. The van der Waals surface area contributed by atoms with E-state index in [9.17, 15) is 4.79 Å². The number of hydrogen-bond acceptors (Lipinski definition) is 6. The van der Waals surface area contributed by atoms with Crippen molar-refractivity contribution < 1.29 is 9.21 Å². The highest BCUT2D eigenvalue weighted by Crippen LogP contribution is 2.27. The summed E-state index contributed by atoms with van der Waals surface area (Å²) in [5.74, 6) is 1.41. The van der Waals surface area contributed by atoms with E-state index in [0.717, 1.165) is 11.3 Å². The average Bonchev–Trinajstić information content (AvgIpc) is 3.26. The van der Waals surface area contributed by atoms with Gasteiger partial charge in [-0.3, -0.25) is 14.3 Å². The van der Waals surface area contributed by atoms with Gasteiger partial charge in [0.2, 0.25) is 5.91 Å². The molecule has 0 aliphatic carbocycles. The van der Waals surface area contributed by atoms with Gasteiger partial charge >= 0.3 is 0 Å². The van der Waals surface area contributed by atoms with Crippen molar-refractivity contribution in [2.24, 2.45) is 0 Å². The van der Waals surface area contributed by atoms with Crippen LogP contribution in [-0.2, 0) is 11.3 Å². The van der Waals surface area contributed by atoms with Crippen molar-refractivity contribution in [3.63, 3.8) is 0 Å². The number of nitrogens with zero attached hydrogens (tertiary/aromatic N) is 4. The molecule has 0 saturated carbocycles. The number of thioether (sulfide) groups is 1. The molecule has 0 radical (unpaired) electrons.